The van der Waals surface area contributed by atoms with E-state index in [0.29, 0.717) is 36.3 Å². The van der Waals surface area contributed by atoms with E-state index in [-0.39, 0.29) is 0 Å². The van der Waals surface area contributed by atoms with Gasteiger partial charge in [0, 0.05) is 48.2 Å². The van der Waals surface area contributed by atoms with Crippen molar-refractivity contribution in [2.45, 2.75) is 57.2 Å². The summed E-state index contributed by atoms with van der Waals surface area (Å²) in [6.07, 6.45) is 5.24. The normalized spacial score (nSPS) is 23.4. The number of hydrogen-bond acceptors (Lipinski definition) is 7. The number of aryl methyl sites for hydroxylation is 1. The van der Waals surface area contributed by atoms with Crippen LogP contribution in [0.5, 0.6) is 0 Å². The summed E-state index contributed by atoms with van der Waals surface area (Å²) in [5, 5.41) is 24.1. The van der Waals surface area contributed by atoms with E-state index in [9.17, 15) is 0 Å². The predicted molar refractivity (Wildman–Crippen MR) is 117 cm³/mol. The Morgan fingerprint density at radius 3 is 2.73 bits per heavy atom. The van der Waals surface area contributed by atoms with Crippen LogP contribution in [0.3, 0.4) is 0 Å². The van der Waals surface area contributed by atoms with Gasteiger partial charge in [-0.3, -0.25) is 10.00 Å². The summed E-state index contributed by atoms with van der Waals surface area (Å²) >= 11 is 0. The molecule has 8 nitrogen and oxygen atoms in total. The quantitative estimate of drug-likeness (QED) is 0.577. The number of aromatic nitrogens is 4. The molecule has 3 N–H and O–H groups in total. The number of para-hydroxylation sites is 1. The number of H-pyrrole nitrogens is 1. The third-order valence-corrected chi connectivity index (χ3v) is 6.26. The van der Waals surface area contributed by atoms with E-state index in [2.05, 4.69) is 42.9 Å². The van der Waals surface area contributed by atoms with E-state index in [1.54, 1.807) is 0 Å². The van der Waals surface area contributed by atoms with Gasteiger partial charge in [0.15, 0.2) is 5.82 Å². The predicted octanol–water partition coefficient (Wildman–Crippen LogP) is 3.73. The fraction of sp³-hybridized carbons (Fsp3) is 0.455. The van der Waals surface area contributed by atoms with Crippen LogP contribution in [0.4, 0.5) is 17.6 Å². The molecule has 2 aromatic heterocycles. The Morgan fingerprint density at radius 2 is 2.00 bits per heavy atom. The minimum absolute atomic E-state index is 0.375. The molecule has 3 atom stereocenters. The van der Waals surface area contributed by atoms with Crippen molar-refractivity contribution in [3.8, 4) is 6.07 Å². The smallest absolute Gasteiger partial charge is 0.230 e. The van der Waals surface area contributed by atoms with Gasteiger partial charge in [0.25, 0.3) is 0 Å². The molecular weight excluding hydrogens is 376 g/mol. The Bertz CT molecular complexity index is 1070. The first-order valence-electron chi connectivity index (χ1n) is 10.6. The van der Waals surface area contributed by atoms with Crippen LogP contribution in [-0.4, -0.2) is 49.7 Å². The number of hydrogen-bond donors (Lipinski definition) is 3. The molecule has 4 heterocycles. The molecule has 2 saturated heterocycles. The molecule has 1 aromatic carbocycles. The average molecular weight is 403 g/mol. The van der Waals surface area contributed by atoms with Crippen molar-refractivity contribution in [2.24, 2.45) is 0 Å². The summed E-state index contributed by atoms with van der Waals surface area (Å²) < 4.78 is 0. The third kappa shape index (κ3) is 3.68. The van der Waals surface area contributed by atoms with Crippen LogP contribution >= 0.6 is 0 Å². The second-order valence-electron chi connectivity index (χ2n) is 8.32. The lowest BCUT2D eigenvalue weighted by atomic mass is 9.97. The number of aromatic amines is 1. The molecular formula is C22H26N8. The first kappa shape index (κ1) is 18.8. The number of anilines is 3. The molecule has 0 amide bonds. The maximum Gasteiger partial charge on any atom is 0.230 e. The topological polar surface area (TPSA) is 106 Å². The lowest BCUT2D eigenvalue weighted by Gasteiger charge is -2.39. The standard InChI is InChI=1S/C22H26N8/c1-14-11-20(29-28-14)26-22-25-19-6-3-2-5-18(19)21(27-22)24-15-12-16-7-8-17(13-15)30(16)10-4-9-23/h2-3,5-6,11,15-17H,4,7-8,10,12-13H2,1H3,(H3,24,25,26,27,28,29)/t15-,16-,17?/m0/s1. The fourth-order valence-corrected chi connectivity index (χ4v) is 4.97. The van der Waals surface area contributed by atoms with Gasteiger partial charge in [0.2, 0.25) is 5.95 Å². The molecule has 0 aliphatic carbocycles. The highest BCUT2D eigenvalue weighted by Gasteiger charge is 2.40. The van der Waals surface area contributed by atoms with Crippen LogP contribution in [0, 0.1) is 18.3 Å². The molecule has 30 heavy (non-hydrogen) atoms. The van der Waals surface area contributed by atoms with Crippen molar-refractivity contribution >= 4 is 28.5 Å². The van der Waals surface area contributed by atoms with Crippen LogP contribution in [0.2, 0.25) is 0 Å². The van der Waals surface area contributed by atoms with E-state index in [1.807, 2.05) is 31.2 Å². The van der Waals surface area contributed by atoms with Gasteiger partial charge in [-0.25, -0.2) is 4.98 Å². The lowest BCUT2D eigenvalue weighted by Crippen LogP contribution is -2.47. The monoisotopic (exact) mass is 402 g/mol. The molecule has 0 spiro atoms. The van der Waals surface area contributed by atoms with Crippen molar-refractivity contribution in [1.82, 2.24) is 25.1 Å². The molecule has 2 bridgehead atoms. The van der Waals surface area contributed by atoms with Gasteiger partial charge in [-0.2, -0.15) is 15.3 Å². The molecule has 2 fully saturated rings. The Morgan fingerprint density at radius 1 is 1.20 bits per heavy atom. The number of rotatable bonds is 6. The summed E-state index contributed by atoms with van der Waals surface area (Å²) in [7, 11) is 0. The summed E-state index contributed by atoms with van der Waals surface area (Å²) in [5.41, 5.74) is 1.88. The zero-order valence-corrected chi connectivity index (χ0v) is 17.1. The molecule has 1 unspecified atom stereocenters. The van der Waals surface area contributed by atoms with E-state index in [0.717, 1.165) is 41.8 Å². The Labute approximate surface area is 175 Å². The summed E-state index contributed by atoms with van der Waals surface area (Å²) in [4.78, 5) is 12.0. The van der Waals surface area contributed by atoms with Crippen LogP contribution in [0.1, 0.15) is 37.8 Å². The molecule has 0 saturated carbocycles. The Balaban J connectivity index is 1.38. The zero-order valence-electron chi connectivity index (χ0n) is 17.1. The third-order valence-electron chi connectivity index (χ3n) is 6.26. The van der Waals surface area contributed by atoms with Crippen molar-refractivity contribution in [3.63, 3.8) is 0 Å². The van der Waals surface area contributed by atoms with Crippen molar-refractivity contribution < 1.29 is 0 Å². The SMILES string of the molecule is Cc1cc(Nc2nc(N[C@@H]3CC4CC[C@@H](C3)N4CCC#N)c3ccccc3n2)n[nH]1. The molecule has 5 rings (SSSR count). The molecule has 2 aliphatic rings. The van der Waals surface area contributed by atoms with Crippen LogP contribution in [-0.2, 0) is 0 Å². The molecule has 8 heteroatoms. The number of nitriles is 1. The number of piperidine rings is 1. The van der Waals surface area contributed by atoms with Crippen LogP contribution < -0.4 is 10.6 Å². The highest BCUT2D eigenvalue weighted by Crippen LogP contribution is 2.37. The van der Waals surface area contributed by atoms with E-state index in [4.69, 9.17) is 10.2 Å². The van der Waals surface area contributed by atoms with Gasteiger partial charge in [0.05, 0.1) is 11.6 Å². The number of nitrogens with zero attached hydrogens (tertiary/aromatic N) is 5. The zero-order chi connectivity index (χ0) is 20.5. The number of nitrogens with one attached hydrogen (secondary N) is 3. The number of fused-ring (bicyclic) bond motifs is 3. The summed E-state index contributed by atoms with van der Waals surface area (Å²) in [5.74, 6) is 2.11. The Hall–Kier alpha value is -3.18. The maximum atomic E-state index is 8.95. The molecule has 2 aliphatic heterocycles. The second-order valence-corrected chi connectivity index (χ2v) is 8.32. The van der Waals surface area contributed by atoms with Gasteiger partial charge in [-0.15, -0.1) is 0 Å². The van der Waals surface area contributed by atoms with E-state index >= 15 is 0 Å². The van der Waals surface area contributed by atoms with Crippen molar-refractivity contribution in [3.05, 3.63) is 36.0 Å². The fourth-order valence-electron chi connectivity index (χ4n) is 4.97. The minimum atomic E-state index is 0.375. The summed E-state index contributed by atoms with van der Waals surface area (Å²) in [6, 6.07) is 13.8. The lowest BCUT2D eigenvalue weighted by molar-refractivity contribution is 0.136. The van der Waals surface area contributed by atoms with Gasteiger partial charge in [-0.05, 0) is 44.7 Å². The largest absolute Gasteiger partial charge is 0.367 e. The van der Waals surface area contributed by atoms with Gasteiger partial charge >= 0.3 is 0 Å². The first-order chi connectivity index (χ1) is 14.7. The molecule has 154 valence electrons. The average Bonchev–Trinajstić information content (AvgIpc) is 3.25. The van der Waals surface area contributed by atoms with Gasteiger partial charge < -0.3 is 10.6 Å². The molecule has 3 aromatic rings. The second kappa shape index (κ2) is 7.92. The summed E-state index contributed by atoms with van der Waals surface area (Å²) in [6.45, 7) is 2.86. The highest BCUT2D eigenvalue weighted by atomic mass is 15.3. The number of benzene rings is 1. The van der Waals surface area contributed by atoms with E-state index in [1.165, 1.54) is 12.8 Å². The highest BCUT2D eigenvalue weighted by molar-refractivity contribution is 5.90. The van der Waals surface area contributed by atoms with Crippen molar-refractivity contribution in [1.29, 1.82) is 5.26 Å². The van der Waals surface area contributed by atoms with E-state index < -0.39 is 0 Å². The van der Waals surface area contributed by atoms with Gasteiger partial charge in [0.1, 0.15) is 5.82 Å². The molecule has 0 radical (unpaired) electrons. The van der Waals surface area contributed by atoms with Crippen LogP contribution in [0.15, 0.2) is 30.3 Å². The first-order valence-corrected chi connectivity index (χ1v) is 10.6. The Kier molecular flexibility index (Phi) is 4.97. The van der Waals surface area contributed by atoms with Gasteiger partial charge in [-0.1, -0.05) is 12.1 Å². The van der Waals surface area contributed by atoms with Crippen LogP contribution in [0.25, 0.3) is 10.9 Å². The maximum absolute atomic E-state index is 8.95. The minimum Gasteiger partial charge on any atom is -0.367 e. The van der Waals surface area contributed by atoms with Crippen molar-refractivity contribution in [2.75, 3.05) is 17.2 Å².